The van der Waals surface area contributed by atoms with E-state index in [4.69, 9.17) is 4.74 Å². The van der Waals surface area contributed by atoms with E-state index in [0.717, 1.165) is 16.9 Å². The second kappa shape index (κ2) is 8.14. The molecule has 0 radical (unpaired) electrons. The predicted octanol–water partition coefficient (Wildman–Crippen LogP) is 4.32. The summed E-state index contributed by atoms with van der Waals surface area (Å²) in [5, 5.41) is 14.0. The van der Waals surface area contributed by atoms with Crippen LogP contribution in [0.2, 0.25) is 0 Å². The summed E-state index contributed by atoms with van der Waals surface area (Å²) >= 11 is 0. The molecule has 0 aliphatic rings. The third kappa shape index (κ3) is 4.26. The minimum absolute atomic E-state index is 0.0408. The van der Waals surface area contributed by atoms with E-state index in [9.17, 15) is 14.9 Å². The van der Waals surface area contributed by atoms with Crippen molar-refractivity contribution in [1.82, 2.24) is 9.55 Å². The third-order valence-corrected chi connectivity index (χ3v) is 4.81. The van der Waals surface area contributed by atoms with Gasteiger partial charge in [0.1, 0.15) is 0 Å². The van der Waals surface area contributed by atoms with Gasteiger partial charge in [-0.05, 0) is 43.7 Å². The van der Waals surface area contributed by atoms with E-state index in [0.29, 0.717) is 0 Å². The topological polar surface area (TPSA) is 99.3 Å². The van der Waals surface area contributed by atoms with Crippen LogP contribution in [-0.4, -0.2) is 27.6 Å². The number of nitro groups is 1. The number of rotatable bonds is 7. The Morgan fingerprint density at radius 2 is 1.72 bits per heavy atom. The molecule has 8 heteroatoms. The van der Waals surface area contributed by atoms with Crippen molar-refractivity contribution in [2.24, 2.45) is 5.41 Å². The second-order valence-corrected chi connectivity index (χ2v) is 7.18. The summed E-state index contributed by atoms with van der Waals surface area (Å²) in [6.45, 7) is 3.68. The van der Waals surface area contributed by atoms with E-state index in [1.165, 1.54) is 19.2 Å². The Labute approximate surface area is 168 Å². The van der Waals surface area contributed by atoms with Gasteiger partial charge in [0.25, 0.3) is 5.69 Å². The van der Waals surface area contributed by atoms with Crippen LogP contribution in [0.15, 0.2) is 67.3 Å². The van der Waals surface area contributed by atoms with Crippen molar-refractivity contribution in [1.29, 1.82) is 0 Å². The van der Waals surface area contributed by atoms with Gasteiger partial charge in [-0.25, -0.2) is 4.98 Å². The lowest BCUT2D eigenvalue weighted by Gasteiger charge is -2.33. The first kappa shape index (κ1) is 20.1. The molecule has 1 unspecified atom stereocenters. The molecule has 1 atom stereocenters. The van der Waals surface area contributed by atoms with Crippen molar-refractivity contribution < 1.29 is 14.5 Å². The molecule has 0 saturated heterocycles. The van der Waals surface area contributed by atoms with Crippen LogP contribution in [0.3, 0.4) is 0 Å². The normalized spacial score (nSPS) is 12.2. The molecule has 150 valence electrons. The Morgan fingerprint density at radius 3 is 2.21 bits per heavy atom. The molecule has 0 aliphatic carbocycles. The number of imidazole rings is 1. The molecule has 0 amide bonds. The zero-order valence-corrected chi connectivity index (χ0v) is 16.4. The van der Waals surface area contributed by atoms with Gasteiger partial charge in [-0.2, -0.15) is 0 Å². The largest absolute Gasteiger partial charge is 0.469 e. The lowest BCUT2D eigenvalue weighted by atomic mass is 9.80. The number of benzene rings is 2. The maximum absolute atomic E-state index is 12.4. The Bertz CT molecular complexity index is 981. The summed E-state index contributed by atoms with van der Waals surface area (Å²) < 4.78 is 6.90. The molecule has 0 aliphatic heterocycles. The number of hydrogen-bond acceptors (Lipinski definition) is 6. The van der Waals surface area contributed by atoms with E-state index < -0.39 is 10.3 Å². The molecule has 2 aromatic carbocycles. The van der Waals surface area contributed by atoms with Crippen LogP contribution >= 0.6 is 0 Å². The number of hydrogen-bond donors (Lipinski definition) is 1. The standard InChI is InChI=1S/C21H22N4O4/c1-21(2,20(26)29-3)19(24-13-12-22-14-24)15-4-6-16(7-5-15)23-17-8-10-18(11-9-17)25(27)28/h4-14,19,23H,1-3H3. The minimum Gasteiger partial charge on any atom is -0.469 e. The van der Waals surface area contributed by atoms with Gasteiger partial charge in [-0.1, -0.05) is 12.1 Å². The number of nitrogens with zero attached hydrogens (tertiary/aromatic N) is 3. The molecule has 1 N–H and O–H groups in total. The number of carbonyl (C=O) groups is 1. The quantitative estimate of drug-likeness (QED) is 0.364. The first-order valence-corrected chi connectivity index (χ1v) is 9.00. The molecular weight excluding hydrogens is 372 g/mol. The van der Waals surface area contributed by atoms with Crippen LogP contribution in [0, 0.1) is 15.5 Å². The fourth-order valence-corrected chi connectivity index (χ4v) is 3.34. The summed E-state index contributed by atoms with van der Waals surface area (Å²) in [7, 11) is 1.38. The average Bonchev–Trinajstić information content (AvgIpc) is 3.23. The lowest BCUT2D eigenvalue weighted by molar-refractivity contribution is -0.384. The number of anilines is 2. The van der Waals surface area contributed by atoms with Gasteiger partial charge in [-0.15, -0.1) is 0 Å². The summed E-state index contributed by atoms with van der Waals surface area (Å²) in [4.78, 5) is 26.9. The van der Waals surface area contributed by atoms with Crippen LogP contribution in [0.5, 0.6) is 0 Å². The van der Waals surface area contributed by atoms with Gasteiger partial charge >= 0.3 is 5.97 Å². The van der Waals surface area contributed by atoms with Crippen molar-refractivity contribution in [3.63, 3.8) is 0 Å². The monoisotopic (exact) mass is 394 g/mol. The second-order valence-electron chi connectivity index (χ2n) is 7.18. The van der Waals surface area contributed by atoms with E-state index in [-0.39, 0.29) is 17.7 Å². The molecule has 0 bridgehead atoms. The Balaban J connectivity index is 1.86. The van der Waals surface area contributed by atoms with Crippen LogP contribution in [0.4, 0.5) is 17.1 Å². The third-order valence-electron chi connectivity index (χ3n) is 4.81. The fraction of sp³-hybridized carbons (Fsp3) is 0.238. The maximum Gasteiger partial charge on any atom is 0.313 e. The number of esters is 1. The smallest absolute Gasteiger partial charge is 0.313 e. The predicted molar refractivity (Wildman–Crippen MR) is 109 cm³/mol. The number of nitrogens with one attached hydrogen (secondary N) is 1. The fourth-order valence-electron chi connectivity index (χ4n) is 3.34. The summed E-state index contributed by atoms with van der Waals surface area (Å²) in [5.41, 5.74) is 1.71. The number of methoxy groups -OCH3 is 1. The van der Waals surface area contributed by atoms with Crippen molar-refractivity contribution in [2.75, 3.05) is 12.4 Å². The van der Waals surface area contributed by atoms with Gasteiger partial charge in [0.15, 0.2) is 0 Å². The highest BCUT2D eigenvalue weighted by molar-refractivity contribution is 5.77. The van der Waals surface area contributed by atoms with Crippen molar-refractivity contribution in [3.8, 4) is 0 Å². The number of carbonyl (C=O) groups excluding carboxylic acids is 1. The van der Waals surface area contributed by atoms with Crippen molar-refractivity contribution in [2.45, 2.75) is 19.9 Å². The molecule has 3 aromatic rings. The van der Waals surface area contributed by atoms with Crippen LogP contribution in [0.1, 0.15) is 25.5 Å². The van der Waals surface area contributed by atoms with E-state index >= 15 is 0 Å². The van der Waals surface area contributed by atoms with Crippen molar-refractivity contribution >= 4 is 23.0 Å². The molecular formula is C21H22N4O4. The Kier molecular flexibility index (Phi) is 5.63. The van der Waals surface area contributed by atoms with Crippen LogP contribution in [-0.2, 0) is 9.53 Å². The molecule has 1 aromatic heterocycles. The van der Waals surface area contributed by atoms with Crippen LogP contribution < -0.4 is 5.32 Å². The highest BCUT2D eigenvalue weighted by Gasteiger charge is 2.40. The maximum atomic E-state index is 12.4. The highest BCUT2D eigenvalue weighted by Crippen LogP contribution is 2.38. The molecule has 0 fully saturated rings. The van der Waals surface area contributed by atoms with Gasteiger partial charge < -0.3 is 14.6 Å². The minimum atomic E-state index is -0.817. The lowest BCUT2D eigenvalue weighted by Crippen LogP contribution is -2.36. The molecule has 0 saturated carbocycles. The average molecular weight is 394 g/mol. The van der Waals surface area contributed by atoms with E-state index in [1.54, 1.807) is 24.7 Å². The number of non-ortho nitro benzene ring substituents is 1. The summed E-state index contributed by atoms with van der Waals surface area (Å²) in [5.74, 6) is -0.315. The van der Waals surface area contributed by atoms with Gasteiger partial charge in [-0.3, -0.25) is 14.9 Å². The Hall–Kier alpha value is -3.68. The number of ether oxygens (including phenoxy) is 1. The SMILES string of the molecule is COC(=O)C(C)(C)C(c1ccc(Nc2ccc([N+](=O)[O-])cc2)cc1)n1ccnc1. The first-order chi connectivity index (χ1) is 13.8. The zero-order valence-electron chi connectivity index (χ0n) is 16.4. The summed E-state index contributed by atoms with van der Waals surface area (Å²) in [6.07, 6.45) is 5.17. The number of nitro benzene ring substituents is 1. The van der Waals surface area contributed by atoms with Gasteiger partial charge in [0, 0.05) is 35.9 Å². The van der Waals surface area contributed by atoms with Crippen molar-refractivity contribution in [3.05, 3.63) is 82.9 Å². The molecule has 29 heavy (non-hydrogen) atoms. The van der Waals surface area contributed by atoms with Gasteiger partial charge in [0.05, 0.1) is 29.8 Å². The van der Waals surface area contributed by atoms with E-state index in [1.807, 2.05) is 48.9 Å². The Morgan fingerprint density at radius 1 is 1.14 bits per heavy atom. The molecule has 1 heterocycles. The summed E-state index contributed by atoms with van der Waals surface area (Å²) in [6, 6.07) is 13.6. The zero-order chi connectivity index (χ0) is 21.0. The molecule has 0 spiro atoms. The molecule has 8 nitrogen and oxygen atoms in total. The van der Waals surface area contributed by atoms with Crippen LogP contribution in [0.25, 0.3) is 0 Å². The van der Waals surface area contributed by atoms with Gasteiger partial charge in [0.2, 0.25) is 0 Å². The van der Waals surface area contributed by atoms with E-state index in [2.05, 4.69) is 10.3 Å². The highest BCUT2D eigenvalue weighted by atomic mass is 16.6. The molecule has 3 rings (SSSR count). The first-order valence-electron chi connectivity index (χ1n) is 9.00. The number of aromatic nitrogens is 2.